The van der Waals surface area contributed by atoms with Crippen molar-refractivity contribution < 1.29 is 23.7 Å². The van der Waals surface area contributed by atoms with E-state index in [0.29, 0.717) is 17.8 Å². The van der Waals surface area contributed by atoms with Gasteiger partial charge in [-0.15, -0.1) is 0 Å². The lowest BCUT2D eigenvalue weighted by molar-refractivity contribution is -0.194. The van der Waals surface area contributed by atoms with Crippen molar-refractivity contribution in [1.82, 2.24) is 14.6 Å². The molecule has 2 aliphatic heterocycles. The SMILES string of the molecule is CCCC(=O)OC[C@H]1O[C@@H](c2ccc3c(N)ncnn23)[C@@H]2OC(C)(C)O[C@@H]21. The molecular weight excluding hydrogens is 352 g/mol. The van der Waals surface area contributed by atoms with Gasteiger partial charge in [0, 0.05) is 6.42 Å². The second-order valence-corrected chi connectivity index (χ2v) is 7.29. The van der Waals surface area contributed by atoms with Crippen molar-refractivity contribution in [2.45, 2.75) is 63.8 Å². The molecule has 9 heteroatoms. The van der Waals surface area contributed by atoms with Crippen LogP contribution in [-0.4, -0.2) is 51.3 Å². The average molecular weight is 376 g/mol. The van der Waals surface area contributed by atoms with Crippen molar-refractivity contribution in [3.8, 4) is 0 Å². The Balaban J connectivity index is 1.61. The fraction of sp³-hybridized carbons (Fsp3) is 0.611. The van der Waals surface area contributed by atoms with E-state index < -0.39 is 18.0 Å². The predicted molar refractivity (Wildman–Crippen MR) is 94.7 cm³/mol. The number of nitrogens with two attached hydrogens (primary N) is 1. The number of nitrogens with zero attached hydrogens (tertiary/aromatic N) is 3. The number of fused-ring (bicyclic) bond motifs is 2. The third kappa shape index (κ3) is 3.26. The van der Waals surface area contributed by atoms with Gasteiger partial charge in [0.05, 0.1) is 5.69 Å². The maximum atomic E-state index is 11.8. The first-order chi connectivity index (χ1) is 12.9. The second-order valence-electron chi connectivity index (χ2n) is 7.29. The summed E-state index contributed by atoms with van der Waals surface area (Å²) in [6.07, 6.45) is 0.984. The van der Waals surface area contributed by atoms with Gasteiger partial charge in [-0.05, 0) is 32.4 Å². The number of esters is 1. The molecule has 0 amide bonds. The molecule has 0 unspecified atom stereocenters. The first-order valence-corrected chi connectivity index (χ1v) is 9.14. The Kier molecular flexibility index (Phi) is 4.53. The van der Waals surface area contributed by atoms with E-state index in [2.05, 4.69) is 10.1 Å². The summed E-state index contributed by atoms with van der Waals surface area (Å²) in [5.74, 6) is -0.600. The number of hydrogen-bond acceptors (Lipinski definition) is 8. The molecule has 2 fully saturated rings. The van der Waals surface area contributed by atoms with Gasteiger partial charge < -0.3 is 24.7 Å². The highest BCUT2D eigenvalue weighted by molar-refractivity contribution is 5.69. The summed E-state index contributed by atoms with van der Waals surface area (Å²) in [4.78, 5) is 15.8. The summed E-state index contributed by atoms with van der Waals surface area (Å²) < 4.78 is 25.4. The highest BCUT2D eigenvalue weighted by atomic mass is 16.8. The molecule has 2 aromatic heterocycles. The first-order valence-electron chi connectivity index (χ1n) is 9.14. The molecule has 4 atom stereocenters. The van der Waals surface area contributed by atoms with E-state index >= 15 is 0 Å². The van der Waals surface area contributed by atoms with Crippen molar-refractivity contribution in [3.63, 3.8) is 0 Å². The number of carbonyl (C=O) groups is 1. The predicted octanol–water partition coefficient (Wildman–Crippen LogP) is 1.61. The molecule has 0 aromatic carbocycles. The molecule has 2 aliphatic rings. The summed E-state index contributed by atoms with van der Waals surface area (Å²) in [6, 6.07) is 3.74. The van der Waals surface area contributed by atoms with Crippen molar-refractivity contribution in [2.24, 2.45) is 0 Å². The number of carbonyl (C=O) groups excluding carboxylic acids is 1. The van der Waals surface area contributed by atoms with E-state index in [9.17, 15) is 4.79 Å². The summed E-state index contributed by atoms with van der Waals surface area (Å²) in [5, 5.41) is 4.28. The molecule has 0 radical (unpaired) electrons. The number of rotatable bonds is 5. The van der Waals surface area contributed by atoms with Gasteiger partial charge in [-0.25, -0.2) is 9.50 Å². The van der Waals surface area contributed by atoms with E-state index in [1.165, 1.54) is 6.33 Å². The van der Waals surface area contributed by atoms with Crippen LogP contribution < -0.4 is 5.73 Å². The third-order valence-electron chi connectivity index (χ3n) is 4.82. The molecule has 2 saturated heterocycles. The van der Waals surface area contributed by atoms with Gasteiger partial charge in [0.25, 0.3) is 0 Å². The van der Waals surface area contributed by atoms with Crippen LogP contribution in [0.5, 0.6) is 0 Å². The molecule has 0 aliphatic carbocycles. The van der Waals surface area contributed by atoms with Gasteiger partial charge in [0.2, 0.25) is 0 Å². The first kappa shape index (κ1) is 18.1. The van der Waals surface area contributed by atoms with Crippen LogP contribution in [0.25, 0.3) is 5.52 Å². The Morgan fingerprint density at radius 1 is 1.33 bits per heavy atom. The Labute approximate surface area is 156 Å². The number of ether oxygens (including phenoxy) is 4. The molecule has 0 bridgehead atoms. The molecule has 4 heterocycles. The molecule has 9 nitrogen and oxygen atoms in total. The van der Waals surface area contributed by atoms with Crippen molar-refractivity contribution in [3.05, 3.63) is 24.2 Å². The minimum Gasteiger partial charge on any atom is -0.463 e. The maximum Gasteiger partial charge on any atom is 0.305 e. The number of hydrogen-bond donors (Lipinski definition) is 1. The van der Waals surface area contributed by atoms with Crippen LogP contribution in [0.1, 0.15) is 45.4 Å². The smallest absolute Gasteiger partial charge is 0.305 e. The van der Waals surface area contributed by atoms with Gasteiger partial charge in [0.15, 0.2) is 11.6 Å². The summed E-state index contributed by atoms with van der Waals surface area (Å²) in [5.41, 5.74) is 7.42. The molecule has 2 aromatic rings. The molecular formula is C18H24N4O5. The minimum absolute atomic E-state index is 0.121. The van der Waals surface area contributed by atoms with Crippen LogP contribution in [0, 0.1) is 0 Å². The van der Waals surface area contributed by atoms with Crippen LogP contribution in [0.2, 0.25) is 0 Å². The third-order valence-corrected chi connectivity index (χ3v) is 4.82. The van der Waals surface area contributed by atoms with Gasteiger partial charge >= 0.3 is 5.97 Å². The fourth-order valence-corrected chi connectivity index (χ4v) is 3.69. The zero-order valence-corrected chi connectivity index (χ0v) is 15.6. The maximum absolute atomic E-state index is 11.8. The van der Waals surface area contributed by atoms with E-state index in [-0.39, 0.29) is 24.8 Å². The lowest BCUT2D eigenvalue weighted by Crippen LogP contribution is -2.33. The van der Waals surface area contributed by atoms with Gasteiger partial charge in [-0.3, -0.25) is 4.79 Å². The standard InChI is InChI=1S/C18H24N4O5/c1-4-5-13(23)24-8-12-15-16(27-18(2,3)26-15)14(25-12)10-6-7-11-17(19)20-9-21-22(10)11/h6-7,9,12,14-16H,4-5,8H2,1-3H3,(H2,19,20,21)/t12-,14+,15-,16+/m1/s1. The number of anilines is 1. The van der Waals surface area contributed by atoms with Crippen LogP contribution in [-0.2, 0) is 23.7 Å². The Morgan fingerprint density at radius 3 is 2.89 bits per heavy atom. The number of aromatic nitrogens is 3. The Bertz CT molecular complexity index is 851. The van der Waals surface area contributed by atoms with Gasteiger partial charge in [-0.1, -0.05) is 6.92 Å². The fourth-order valence-electron chi connectivity index (χ4n) is 3.69. The zero-order chi connectivity index (χ0) is 19.2. The Hall–Kier alpha value is -2.23. The van der Waals surface area contributed by atoms with Crippen LogP contribution in [0.3, 0.4) is 0 Å². The highest BCUT2D eigenvalue weighted by Gasteiger charge is 2.56. The highest BCUT2D eigenvalue weighted by Crippen LogP contribution is 2.45. The van der Waals surface area contributed by atoms with E-state index in [1.54, 1.807) is 4.52 Å². The summed E-state index contributed by atoms with van der Waals surface area (Å²) in [7, 11) is 0. The van der Waals surface area contributed by atoms with E-state index in [1.807, 2.05) is 32.9 Å². The monoisotopic (exact) mass is 376 g/mol. The molecule has 0 saturated carbocycles. The normalized spacial score (nSPS) is 29.1. The van der Waals surface area contributed by atoms with E-state index in [4.69, 9.17) is 24.7 Å². The zero-order valence-electron chi connectivity index (χ0n) is 15.6. The average Bonchev–Trinajstić information content (AvgIpc) is 3.25. The molecule has 27 heavy (non-hydrogen) atoms. The second kappa shape index (κ2) is 6.74. The van der Waals surface area contributed by atoms with Crippen LogP contribution in [0.4, 0.5) is 5.82 Å². The lowest BCUT2D eigenvalue weighted by Gasteiger charge is -2.24. The van der Waals surface area contributed by atoms with Gasteiger partial charge in [0.1, 0.15) is 42.9 Å². The molecule has 146 valence electrons. The minimum atomic E-state index is -0.746. The molecule has 2 N–H and O–H groups in total. The van der Waals surface area contributed by atoms with Crippen molar-refractivity contribution in [2.75, 3.05) is 12.3 Å². The summed E-state index contributed by atoms with van der Waals surface area (Å²) in [6.45, 7) is 5.77. The largest absolute Gasteiger partial charge is 0.463 e. The molecule has 0 spiro atoms. The van der Waals surface area contributed by atoms with Gasteiger partial charge in [-0.2, -0.15) is 5.10 Å². The topological polar surface area (TPSA) is 110 Å². The Morgan fingerprint density at radius 2 is 2.11 bits per heavy atom. The quantitative estimate of drug-likeness (QED) is 0.784. The summed E-state index contributed by atoms with van der Waals surface area (Å²) >= 11 is 0. The van der Waals surface area contributed by atoms with Crippen molar-refractivity contribution in [1.29, 1.82) is 0 Å². The number of nitrogen functional groups attached to an aromatic ring is 1. The van der Waals surface area contributed by atoms with Crippen LogP contribution in [0.15, 0.2) is 18.5 Å². The van der Waals surface area contributed by atoms with Crippen molar-refractivity contribution >= 4 is 17.3 Å². The van der Waals surface area contributed by atoms with Crippen LogP contribution >= 0.6 is 0 Å². The molecule has 4 rings (SSSR count). The lowest BCUT2D eigenvalue weighted by atomic mass is 10.1. The van der Waals surface area contributed by atoms with E-state index in [0.717, 1.165) is 12.1 Å².